The molecule has 0 aliphatic carbocycles. The molecule has 0 aromatic carbocycles. The van der Waals surface area contributed by atoms with Gasteiger partial charge in [-0.25, -0.2) is 4.98 Å². The van der Waals surface area contributed by atoms with E-state index in [2.05, 4.69) is 36.9 Å². The van der Waals surface area contributed by atoms with Gasteiger partial charge in [-0.2, -0.15) is 0 Å². The van der Waals surface area contributed by atoms with Crippen LogP contribution < -0.4 is 4.90 Å². The quantitative estimate of drug-likeness (QED) is 0.811. The largest absolute Gasteiger partial charge is 0.354 e. The number of pyridine rings is 2. The normalized spacial score (nSPS) is 10.2. The molecule has 0 saturated carbocycles. The number of nitrogens with zero attached hydrogens (tertiary/aromatic N) is 3. The van der Waals surface area contributed by atoms with Crippen LogP contribution in [0.5, 0.6) is 0 Å². The molecule has 2 aromatic rings. The first-order valence-electron chi connectivity index (χ1n) is 5.42. The van der Waals surface area contributed by atoms with Crippen molar-refractivity contribution in [2.45, 2.75) is 11.9 Å². The van der Waals surface area contributed by atoms with Crippen LogP contribution in [-0.2, 0) is 11.9 Å². The van der Waals surface area contributed by atoms with Crippen LogP contribution in [0, 0.1) is 0 Å². The van der Waals surface area contributed by atoms with Crippen molar-refractivity contribution in [1.29, 1.82) is 0 Å². The van der Waals surface area contributed by atoms with E-state index in [1.165, 1.54) is 5.56 Å². The highest BCUT2D eigenvalue weighted by molar-refractivity contribution is 9.08. The summed E-state index contributed by atoms with van der Waals surface area (Å²) < 4.78 is 0. The lowest BCUT2D eigenvalue weighted by Crippen LogP contribution is -2.19. The van der Waals surface area contributed by atoms with E-state index in [0.29, 0.717) is 0 Å². The summed E-state index contributed by atoms with van der Waals surface area (Å²) in [6.07, 6.45) is 3.63. The lowest BCUT2D eigenvalue weighted by Gasteiger charge is -2.19. The predicted molar refractivity (Wildman–Crippen MR) is 73.2 cm³/mol. The zero-order chi connectivity index (χ0) is 12.1. The Morgan fingerprint density at radius 2 is 1.94 bits per heavy atom. The van der Waals surface area contributed by atoms with Crippen molar-refractivity contribution >= 4 is 21.7 Å². The van der Waals surface area contributed by atoms with Crippen LogP contribution in [0.4, 0.5) is 5.82 Å². The number of aromatic nitrogens is 2. The lowest BCUT2D eigenvalue weighted by atomic mass is 10.2. The van der Waals surface area contributed by atoms with Crippen LogP contribution in [0.2, 0.25) is 0 Å². The van der Waals surface area contributed by atoms with Crippen LogP contribution in [0.3, 0.4) is 0 Å². The molecule has 0 aliphatic rings. The maximum absolute atomic E-state index is 4.41. The second kappa shape index (κ2) is 5.77. The summed E-state index contributed by atoms with van der Waals surface area (Å²) in [6, 6.07) is 9.97. The van der Waals surface area contributed by atoms with Gasteiger partial charge in [-0.1, -0.05) is 28.1 Å². The highest BCUT2D eigenvalue weighted by Crippen LogP contribution is 2.19. The predicted octanol–water partition coefficient (Wildman–Crippen LogP) is 3.01. The van der Waals surface area contributed by atoms with Gasteiger partial charge in [-0.15, -0.1) is 0 Å². The molecule has 0 aliphatic heterocycles. The molecule has 4 heteroatoms. The van der Waals surface area contributed by atoms with Crippen LogP contribution in [0.15, 0.2) is 42.7 Å². The Morgan fingerprint density at radius 1 is 1.12 bits per heavy atom. The first kappa shape index (κ1) is 12.0. The van der Waals surface area contributed by atoms with Crippen LogP contribution in [0.1, 0.15) is 11.3 Å². The molecule has 0 amide bonds. The van der Waals surface area contributed by atoms with E-state index >= 15 is 0 Å². The molecule has 0 unspecified atom stereocenters. The second-order valence-corrected chi connectivity index (χ2v) is 4.36. The monoisotopic (exact) mass is 291 g/mol. The lowest BCUT2D eigenvalue weighted by molar-refractivity contribution is 0.860. The Morgan fingerprint density at radius 3 is 2.65 bits per heavy atom. The molecule has 0 saturated heterocycles. The van der Waals surface area contributed by atoms with Gasteiger partial charge < -0.3 is 4.90 Å². The molecule has 3 nitrogen and oxygen atoms in total. The average Bonchev–Trinajstić information content (AvgIpc) is 2.40. The van der Waals surface area contributed by atoms with E-state index in [4.69, 9.17) is 0 Å². The average molecular weight is 292 g/mol. The molecule has 0 fully saturated rings. The van der Waals surface area contributed by atoms with Crippen molar-refractivity contribution < 1.29 is 0 Å². The summed E-state index contributed by atoms with van der Waals surface area (Å²) in [4.78, 5) is 10.8. The number of hydrogen-bond acceptors (Lipinski definition) is 3. The fraction of sp³-hybridized carbons (Fsp3) is 0.231. The van der Waals surface area contributed by atoms with Gasteiger partial charge in [-0.3, -0.25) is 4.98 Å². The van der Waals surface area contributed by atoms with Crippen molar-refractivity contribution in [1.82, 2.24) is 9.97 Å². The van der Waals surface area contributed by atoms with Gasteiger partial charge in [0.15, 0.2) is 0 Å². The minimum absolute atomic E-state index is 0.762. The van der Waals surface area contributed by atoms with E-state index in [1.807, 2.05) is 43.7 Å². The molecule has 2 aromatic heterocycles. The van der Waals surface area contributed by atoms with Gasteiger partial charge in [0.25, 0.3) is 0 Å². The SMILES string of the molecule is CN(Cc1ccccn1)c1ncccc1CBr. The van der Waals surface area contributed by atoms with Crippen molar-refractivity contribution in [2.75, 3.05) is 11.9 Å². The molecule has 0 N–H and O–H groups in total. The molecule has 0 radical (unpaired) electrons. The molecule has 88 valence electrons. The molecule has 0 atom stereocenters. The summed E-state index contributed by atoms with van der Waals surface area (Å²) in [6.45, 7) is 0.762. The fourth-order valence-corrected chi connectivity index (χ4v) is 2.13. The Kier molecular flexibility index (Phi) is 4.09. The van der Waals surface area contributed by atoms with Crippen LogP contribution in [-0.4, -0.2) is 17.0 Å². The van der Waals surface area contributed by atoms with Gasteiger partial charge >= 0.3 is 0 Å². The minimum Gasteiger partial charge on any atom is -0.354 e. The van der Waals surface area contributed by atoms with E-state index in [-0.39, 0.29) is 0 Å². The van der Waals surface area contributed by atoms with Gasteiger partial charge in [0.2, 0.25) is 0 Å². The highest BCUT2D eigenvalue weighted by atomic mass is 79.9. The Labute approximate surface area is 110 Å². The second-order valence-electron chi connectivity index (χ2n) is 3.80. The standard InChI is InChI=1S/C13H14BrN3/c1-17(10-12-6-2-3-7-15-12)13-11(9-14)5-4-8-16-13/h2-8H,9-10H2,1H3. The van der Waals surface area contributed by atoms with Crippen molar-refractivity contribution in [3.05, 3.63) is 54.0 Å². The third-order valence-electron chi connectivity index (χ3n) is 2.50. The number of alkyl halides is 1. The van der Waals surface area contributed by atoms with Crippen molar-refractivity contribution in [3.8, 4) is 0 Å². The minimum atomic E-state index is 0.762. The van der Waals surface area contributed by atoms with Gasteiger partial charge in [-0.05, 0) is 18.2 Å². The topological polar surface area (TPSA) is 29.0 Å². The Balaban J connectivity index is 2.17. The Hall–Kier alpha value is -1.42. The molecule has 0 spiro atoms. The fourth-order valence-electron chi connectivity index (χ4n) is 1.69. The molecule has 17 heavy (non-hydrogen) atoms. The van der Waals surface area contributed by atoms with Gasteiger partial charge in [0, 0.05) is 30.3 Å². The maximum atomic E-state index is 4.41. The molecule has 2 rings (SSSR count). The summed E-state index contributed by atoms with van der Waals surface area (Å²) >= 11 is 3.48. The maximum Gasteiger partial charge on any atom is 0.132 e. The summed E-state index contributed by atoms with van der Waals surface area (Å²) in [5.41, 5.74) is 2.23. The number of hydrogen-bond donors (Lipinski definition) is 0. The first-order valence-corrected chi connectivity index (χ1v) is 6.54. The van der Waals surface area contributed by atoms with E-state index in [9.17, 15) is 0 Å². The molecule has 2 heterocycles. The summed E-state index contributed by atoms with van der Waals surface area (Å²) in [7, 11) is 2.03. The van der Waals surface area contributed by atoms with Gasteiger partial charge in [0.1, 0.15) is 5.82 Å². The molecular formula is C13H14BrN3. The Bertz CT molecular complexity index is 473. The zero-order valence-electron chi connectivity index (χ0n) is 9.68. The zero-order valence-corrected chi connectivity index (χ0v) is 11.3. The number of rotatable bonds is 4. The smallest absolute Gasteiger partial charge is 0.132 e. The molecule has 0 bridgehead atoms. The number of anilines is 1. The van der Waals surface area contributed by atoms with E-state index < -0.39 is 0 Å². The van der Waals surface area contributed by atoms with Crippen molar-refractivity contribution in [2.24, 2.45) is 0 Å². The third kappa shape index (κ3) is 3.03. The van der Waals surface area contributed by atoms with Gasteiger partial charge in [0.05, 0.1) is 12.2 Å². The highest BCUT2D eigenvalue weighted by Gasteiger charge is 2.08. The van der Waals surface area contributed by atoms with Crippen LogP contribution >= 0.6 is 15.9 Å². The van der Waals surface area contributed by atoms with Crippen LogP contribution in [0.25, 0.3) is 0 Å². The number of halogens is 1. The van der Waals surface area contributed by atoms with E-state index in [0.717, 1.165) is 23.4 Å². The third-order valence-corrected chi connectivity index (χ3v) is 3.10. The van der Waals surface area contributed by atoms with Crippen molar-refractivity contribution in [3.63, 3.8) is 0 Å². The summed E-state index contributed by atoms with van der Waals surface area (Å²) in [5, 5.41) is 0.808. The summed E-state index contributed by atoms with van der Waals surface area (Å²) in [5.74, 6) is 0.995. The van der Waals surface area contributed by atoms with E-state index in [1.54, 1.807) is 0 Å². The first-order chi connectivity index (χ1) is 8.31. The molecular weight excluding hydrogens is 278 g/mol.